The van der Waals surface area contributed by atoms with Crippen molar-refractivity contribution in [2.45, 2.75) is 17.9 Å². The molecule has 3 N–H and O–H groups in total. The maximum Gasteiger partial charge on any atom is 0.331 e. The van der Waals surface area contributed by atoms with Crippen molar-refractivity contribution in [3.63, 3.8) is 0 Å². The minimum Gasteiger partial charge on any atom is -0.497 e. The van der Waals surface area contributed by atoms with Crippen molar-refractivity contribution in [3.05, 3.63) is 60.2 Å². The number of ether oxygens (including phenoxy) is 2. The molecule has 0 aliphatic carbocycles. The molecule has 0 spiro atoms. The molecule has 8 nitrogen and oxygen atoms in total. The summed E-state index contributed by atoms with van der Waals surface area (Å²) in [5.41, 5.74) is 1.11. The molecule has 2 rings (SSSR count). The van der Waals surface area contributed by atoms with Gasteiger partial charge in [0.05, 0.1) is 12.0 Å². The van der Waals surface area contributed by atoms with Crippen LogP contribution in [0.2, 0.25) is 0 Å². The predicted octanol–water partition coefficient (Wildman–Crippen LogP) is 1.93. The number of esters is 1. The molecule has 0 fully saturated rings. The summed E-state index contributed by atoms with van der Waals surface area (Å²) in [5.74, 6) is -0.542. The molecule has 0 saturated heterocycles. The smallest absolute Gasteiger partial charge is 0.331 e. The third-order valence-electron chi connectivity index (χ3n) is 3.64. The van der Waals surface area contributed by atoms with Gasteiger partial charge in [-0.15, -0.1) is 0 Å². The SMILES string of the molecule is COc1ccc(/C=C/C(=O)OC(C)C(=O)Nc2ccc(S(N)(=O)=O)cc2)cc1. The van der Waals surface area contributed by atoms with E-state index < -0.39 is 28.0 Å². The molecule has 9 heteroatoms. The van der Waals surface area contributed by atoms with Crippen LogP contribution in [0.5, 0.6) is 5.75 Å². The Morgan fingerprint density at radius 3 is 2.21 bits per heavy atom. The third kappa shape index (κ3) is 6.22. The first-order chi connectivity index (χ1) is 13.2. The van der Waals surface area contributed by atoms with E-state index in [1.165, 1.54) is 37.3 Å². The molecule has 2 aromatic carbocycles. The van der Waals surface area contributed by atoms with Crippen molar-refractivity contribution < 1.29 is 27.5 Å². The number of methoxy groups -OCH3 is 1. The van der Waals surface area contributed by atoms with Crippen LogP contribution in [0.1, 0.15) is 12.5 Å². The van der Waals surface area contributed by atoms with E-state index in [0.717, 1.165) is 5.56 Å². The normalized spacial score (nSPS) is 12.4. The van der Waals surface area contributed by atoms with E-state index in [4.69, 9.17) is 14.6 Å². The Labute approximate surface area is 163 Å². The van der Waals surface area contributed by atoms with Crippen LogP contribution in [0, 0.1) is 0 Å². The van der Waals surface area contributed by atoms with Gasteiger partial charge in [-0.05, 0) is 55.0 Å². The minimum absolute atomic E-state index is 0.0753. The summed E-state index contributed by atoms with van der Waals surface area (Å²) in [6, 6.07) is 12.3. The fourth-order valence-electron chi connectivity index (χ4n) is 2.12. The highest BCUT2D eigenvalue weighted by Crippen LogP contribution is 2.14. The van der Waals surface area contributed by atoms with Crippen LogP contribution in [-0.4, -0.2) is 33.5 Å². The molecule has 0 heterocycles. The summed E-state index contributed by atoms with van der Waals surface area (Å²) < 4.78 is 32.5. The standard InChI is InChI=1S/C19H20N2O6S/c1-13(19(23)21-15-6-10-17(11-7-15)28(20,24)25)27-18(22)12-5-14-3-8-16(26-2)9-4-14/h3-13H,1-2H3,(H,21,23)(H2,20,24,25)/b12-5+. The summed E-state index contributed by atoms with van der Waals surface area (Å²) in [6.07, 6.45) is 1.72. The highest BCUT2D eigenvalue weighted by Gasteiger charge is 2.17. The molecule has 1 unspecified atom stereocenters. The average Bonchev–Trinajstić information content (AvgIpc) is 2.66. The van der Waals surface area contributed by atoms with Gasteiger partial charge in [0.1, 0.15) is 5.75 Å². The minimum atomic E-state index is -3.81. The number of amides is 1. The van der Waals surface area contributed by atoms with Crippen LogP contribution >= 0.6 is 0 Å². The Morgan fingerprint density at radius 1 is 1.07 bits per heavy atom. The van der Waals surface area contributed by atoms with Crippen molar-refractivity contribution in [1.29, 1.82) is 0 Å². The van der Waals surface area contributed by atoms with Crippen molar-refractivity contribution in [2.24, 2.45) is 5.14 Å². The molecular weight excluding hydrogens is 384 g/mol. The van der Waals surface area contributed by atoms with Crippen LogP contribution in [0.4, 0.5) is 5.69 Å². The molecule has 2 aromatic rings. The Hall–Kier alpha value is -3.17. The van der Waals surface area contributed by atoms with E-state index in [1.807, 2.05) is 0 Å². The predicted molar refractivity (Wildman–Crippen MR) is 104 cm³/mol. The van der Waals surface area contributed by atoms with Crippen molar-refractivity contribution in [3.8, 4) is 5.75 Å². The van der Waals surface area contributed by atoms with E-state index >= 15 is 0 Å². The quantitative estimate of drug-likeness (QED) is 0.537. The van der Waals surface area contributed by atoms with Crippen LogP contribution in [0.3, 0.4) is 0 Å². The van der Waals surface area contributed by atoms with E-state index in [0.29, 0.717) is 11.4 Å². The fourth-order valence-corrected chi connectivity index (χ4v) is 2.63. The first-order valence-electron chi connectivity index (χ1n) is 8.15. The number of primary sulfonamides is 1. The zero-order chi connectivity index (χ0) is 20.7. The van der Waals surface area contributed by atoms with Crippen LogP contribution < -0.4 is 15.2 Å². The largest absolute Gasteiger partial charge is 0.497 e. The number of hydrogen-bond donors (Lipinski definition) is 2. The maximum absolute atomic E-state index is 12.1. The molecule has 0 radical (unpaired) electrons. The highest BCUT2D eigenvalue weighted by atomic mass is 32.2. The average molecular weight is 404 g/mol. The Morgan fingerprint density at radius 2 is 1.68 bits per heavy atom. The fraction of sp³-hybridized carbons (Fsp3) is 0.158. The number of carbonyl (C=O) groups is 2. The maximum atomic E-state index is 12.1. The summed E-state index contributed by atoms with van der Waals surface area (Å²) >= 11 is 0. The van der Waals surface area contributed by atoms with Crippen molar-refractivity contribution >= 4 is 33.7 Å². The lowest BCUT2D eigenvalue weighted by Gasteiger charge is -2.12. The lowest BCUT2D eigenvalue weighted by Crippen LogP contribution is -2.29. The summed E-state index contributed by atoms with van der Waals surface area (Å²) in [6.45, 7) is 1.42. The molecule has 0 aromatic heterocycles. The number of rotatable bonds is 7. The van der Waals surface area contributed by atoms with Crippen LogP contribution in [0.15, 0.2) is 59.5 Å². The number of benzene rings is 2. The van der Waals surface area contributed by atoms with Gasteiger partial charge < -0.3 is 14.8 Å². The van der Waals surface area contributed by atoms with E-state index in [2.05, 4.69) is 5.32 Å². The number of sulfonamides is 1. The second kappa shape index (κ2) is 9.16. The number of nitrogens with two attached hydrogens (primary N) is 1. The summed E-state index contributed by atoms with van der Waals surface area (Å²) in [5, 5.41) is 7.53. The number of nitrogens with one attached hydrogen (secondary N) is 1. The Bertz CT molecular complexity index is 966. The molecule has 0 aliphatic heterocycles. The number of carbonyl (C=O) groups excluding carboxylic acids is 2. The van der Waals surface area contributed by atoms with E-state index in [1.54, 1.807) is 37.5 Å². The first kappa shape index (κ1) is 21.1. The van der Waals surface area contributed by atoms with Gasteiger partial charge >= 0.3 is 5.97 Å². The molecule has 0 aliphatic rings. The lowest BCUT2D eigenvalue weighted by molar-refractivity contribution is -0.148. The van der Waals surface area contributed by atoms with Crippen molar-refractivity contribution in [1.82, 2.24) is 0 Å². The van der Waals surface area contributed by atoms with Gasteiger partial charge in [0.2, 0.25) is 10.0 Å². The zero-order valence-corrected chi connectivity index (χ0v) is 16.1. The first-order valence-corrected chi connectivity index (χ1v) is 9.70. The third-order valence-corrected chi connectivity index (χ3v) is 4.57. The number of hydrogen-bond acceptors (Lipinski definition) is 6. The van der Waals surface area contributed by atoms with Gasteiger partial charge in [-0.25, -0.2) is 18.4 Å². The topological polar surface area (TPSA) is 125 Å². The van der Waals surface area contributed by atoms with Gasteiger partial charge in [0.25, 0.3) is 5.91 Å². The molecule has 148 valence electrons. The Balaban J connectivity index is 1.90. The van der Waals surface area contributed by atoms with Gasteiger partial charge in [-0.1, -0.05) is 12.1 Å². The van der Waals surface area contributed by atoms with Crippen LogP contribution in [-0.2, 0) is 24.3 Å². The monoisotopic (exact) mass is 404 g/mol. The molecule has 1 atom stereocenters. The zero-order valence-electron chi connectivity index (χ0n) is 15.3. The van der Waals surface area contributed by atoms with Gasteiger partial charge in [-0.2, -0.15) is 0 Å². The second-order valence-electron chi connectivity index (χ2n) is 5.74. The van der Waals surface area contributed by atoms with Crippen LogP contribution in [0.25, 0.3) is 6.08 Å². The molecule has 1 amide bonds. The lowest BCUT2D eigenvalue weighted by atomic mass is 10.2. The molecule has 28 heavy (non-hydrogen) atoms. The van der Waals surface area contributed by atoms with E-state index in [9.17, 15) is 18.0 Å². The summed E-state index contributed by atoms with van der Waals surface area (Å²) in [7, 11) is -2.25. The highest BCUT2D eigenvalue weighted by molar-refractivity contribution is 7.89. The molecular formula is C19H20N2O6S. The molecule has 0 saturated carbocycles. The number of anilines is 1. The Kier molecular flexibility index (Phi) is 6.91. The second-order valence-corrected chi connectivity index (χ2v) is 7.31. The molecule has 0 bridgehead atoms. The summed E-state index contributed by atoms with van der Waals surface area (Å²) in [4.78, 5) is 23.9. The van der Waals surface area contributed by atoms with Gasteiger partial charge in [-0.3, -0.25) is 4.79 Å². The van der Waals surface area contributed by atoms with Gasteiger partial charge in [0, 0.05) is 11.8 Å². The van der Waals surface area contributed by atoms with Gasteiger partial charge in [0.15, 0.2) is 6.10 Å². The van der Waals surface area contributed by atoms with E-state index in [-0.39, 0.29) is 4.90 Å². The van der Waals surface area contributed by atoms with Crippen molar-refractivity contribution in [2.75, 3.05) is 12.4 Å².